The minimum Gasteiger partial charge on any atom is -0.364 e. The van der Waals surface area contributed by atoms with Crippen LogP contribution in [0, 0.1) is 11.8 Å². The number of hydrogen-bond donors (Lipinski definition) is 1. The van der Waals surface area contributed by atoms with Gasteiger partial charge in [-0.1, -0.05) is 32.0 Å². The summed E-state index contributed by atoms with van der Waals surface area (Å²) in [4.78, 5) is 2.62. The highest BCUT2D eigenvalue weighted by atomic mass is 15.2. The van der Waals surface area contributed by atoms with Crippen LogP contribution in [0.25, 0.3) is 0 Å². The van der Waals surface area contributed by atoms with Gasteiger partial charge in [-0.2, -0.15) is 0 Å². The van der Waals surface area contributed by atoms with E-state index in [4.69, 9.17) is 5.73 Å². The maximum absolute atomic E-state index is 6.12. The van der Waals surface area contributed by atoms with Crippen LogP contribution < -0.4 is 10.6 Å². The molecular weight excluding hydrogens is 220 g/mol. The molecule has 2 aliphatic rings. The van der Waals surface area contributed by atoms with Gasteiger partial charge in [0.1, 0.15) is 0 Å². The van der Waals surface area contributed by atoms with Crippen molar-refractivity contribution in [2.24, 2.45) is 17.6 Å². The Morgan fingerprint density at radius 1 is 1.22 bits per heavy atom. The Kier molecular flexibility index (Phi) is 2.86. The topological polar surface area (TPSA) is 29.3 Å². The van der Waals surface area contributed by atoms with E-state index in [2.05, 4.69) is 43.0 Å². The summed E-state index contributed by atoms with van der Waals surface area (Å²) >= 11 is 0. The summed E-state index contributed by atoms with van der Waals surface area (Å²) in [5, 5.41) is 0. The van der Waals surface area contributed by atoms with Gasteiger partial charge in [-0.25, -0.2) is 0 Å². The highest BCUT2D eigenvalue weighted by Gasteiger charge is 2.47. The molecule has 1 saturated carbocycles. The third-order valence-electron chi connectivity index (χ3n) is 4.75. The van der Waals surface area contributed by atoms with Crippen LogP contribution in [0.4, 0.5) is 5.69 Å². The lowest BCUT2D eigenvalue weighted by Crippen LogP contribution is -2.63. The number of para-hydroxylation sites is 1. The quantitative estimate of drug-likeness (QED) is 0.867. The van der Waals surface area contributed by atoms with Crippen LogP contribution in [0.3, 0.4) is 0 Å². The second-order valence-corrected chi connectivity index (χ2v) is 6.49. The number of fused-ring (bicyclic) bond motifs is 1. The van der Waals surface area contributed by atoms with Crippen LogP contribution in [0.15, 0.2) is 24.3 Å². The lowest BCUT2D eigenvalue weighted by Gasteiger charge is -2.56. The third-order valence-corrected chi connectivity index (χ3v) is 4.75. The first-order valence-electron chi connectivity index (χ1n) is 7.20. The lowest BCUT2D eigenvalue weighted by atomic mass is 9.67. The molecule has 0 radical (unpaired) electrons. The Balaban J connectivity index is 1.97. The smallest absolute Gasteiger partial charge is 0.0529 e. The fourth-order valence-electron chi connectivity index (χ4n) is 3.98. The molecule has 2 heteroatoms. The fraction of sp³-hybridized carbons (Fsp3) is 0.625. The number of nitrogens with two attached hydrogens (primary N) is 1. The van der Waals surface area contributed by atoms with Crippen molar-refractivity contribution in [1.29, 1.82) is 0 Å². The molecule has 1 aliphatic heterocycles. The first-order valence-corrected chi connectivity index (χ1v) is 7.20. The highest BCUT2D eigenvalue weighted by molar-refractivity contribution is 5.58. The first kappa shape index (κ1) is 12.0. The molecule has 0 aromatic heterocycles. The van der Waals surface area contributed by atoms with Gasteiger partial charge in [0.2, 0.25) is 0 Å². The van der Waals surface area contributed by atoms with Crippen LogP contribution in [-0.2, 0) is 6.42 Å². The molecule has 1 aromatic carbocycles. The summed E-state index contributed by atoms with van der Waals surface area (Å²) in [6.45, 7) is 6.65. The molecule has 0 amide bonds. The average molecular weight is 244 g/mol. The highest BCUT2D eigenvalue weighted by Crippen LogP contribution is 2.46. The van der Waals surface area contributed by atoms with Gasteiger partial charge in [0.25, 0.3) is 0 Å². The minimum absolute atomic E-state index is 0.240. The van der Waals surface area contributed by atoms with Gasteiger partial charge >= 0.3 is 0 Å². The SMILES string of the molecule is CC1Cc2ccccc2N(C2(CN)CC(C)C2)C1. The van der Waals surface area contributed by atoms with Gasteiger partial charge in [0, 0.05) is 18.8 Å². The summed E-state index contributed by atoms with van der Waals surface area (Å²) in [5.41, 5.74) is 9.30. The summed E-state index contributed by atoms with van der Waals surface area (Å²) in [6, 6.07) is 8.88. The van der Waals surface area contributed by atoms with E-state index < -0.39 is 0 Å². The fourth-order valence-corrected chi connectivity index (χ4v) is 3.98. The molecule has 18 heavy (non-hydrogen) atoms. The van der Waals surface area contributed by atoms with E-state index in [-0.39, 0.29) is 5.54 Å². The van der Waals surface area contributed by atoms with Crippen molar-refractivity contribution < 1.29 is 0 Å². The van der Waals surface area contributed by atoms with Crippen LogP contribution >= 0.6 is 0 Å². The van der Waals surface area contributed by atoms with E-state index in [0.717, 1.165) is 18.4 Å². The third kappa shape index (κ3) is 1.74. The van der Waals surface area contributed by atoms with E-state index in [0.29, 0.717) is 0 Å². The zero-order valence-electron chi connectivity index (χ0n) is 11.5. The zero-order chi connectivity index (χ0) is 12.8. The number of rotatable bonds is 2. The van der Waals surface area contributed by atoms with E-state index in [9.17, 15) is 0 Å². The van der Waals surface area contributed by atoms with Gasteiger partial charge in [-0.15, -0.1) is 0 Å². The molecule has 1 unspecified atom stereocenters. The second-order valence-electron chi connectivity index (χ2n) is 6.49. The van der Waals surface area contributed by atoms with E-state index in [1.807, 2.05) is 0 Å². The van der Waals surface area contributed by atoms with Crippen molar-refractivity contribution in [2.45, 2.75) is 38.6 Å². The van der Waals surface area contributed by atoms with Gasteiger partial charge in [-0.05, 0) is 42.7 Å². The molecule has 3 rings (SSSR count). The van der Waals surface area contributed by atoms with Crippen LogP contribution in [-0.4, -0.2) is 18.6 Å². The van der Waals surface area contributed by atoms with Crippen molar-refractivity contribution in [3.8, 4) is 0 Å². The molecule has 0 saturated heterocycles. The predicted octanol–water partition coefficient (Wildman–Crippen LogP) is 2.81. The normalized spacial score (nSPS) is 34.9. The molecular formula is C16H24N2. The van der Waals surface area contributed by atoms with Gasteiger partial charge in [-0.3, -0.25) is 0 Å². The van der Waals surface area contributed by atoms with Gasteiger partial charge in [0.05, 0.1) is 5.54 Å². The van der Waals surface area contributed by atoms with Crippen molar-refractivity contribution in [2.75, 3.05) is 18.0 Å². The largest absolute Gasteiger partial charge is 0.364 e. The average Bonchev–Trinajstić information content (AvgIpc) is 2.33. The number of nitrogens with zero attached hydrogens (tertiary/aromatic N) is 1. The first-order chi connectivity index (χ1) is 8.64. The van der Waals surface area contributed by atoms with Crippen LogP contribution in [0.5, 0.6) is 0 Å². The Morgan fingerprint density at radius 3 is 2.61 bits per heavy atom. The summed E-state index contributed by atoms with van der Waals surface area (Å²) < 4.78 is 0. The molecule has 1 heterocycles. The Bertz CT molecular complexity index is 434. The van der Waals surface area contributed by atoms with E-state index in [1.165, 1.54) is 37.1 Å². The monoisotopic (exact) mass is 244 g/mol. The van der Waals surface area contributed by atoms with Crippen molar-refractivity contribution in [1.82, 2.24) is 0 Å². The zero-order valence-corrected chi connectivity index (χ0v) is 11.5. The Morgan fingerprint density at radius 2 is 1.94 bits per heavy atom. The molecule has 1 aromatic rings. The van der Waals surface area contributed by atoms with Crippen LogP contribution in [0.2, 0.25) is 0 Å². The number of anilines is 1. The lowest BCUT2D eigenvalue weighted by molar-refractivity contribution is 0.150. The summed E-state index contributed by atoms with van der Waals surface area (Å²) in [7, 11) is 0. The standard InChI is InChI=1S/C16H24N2/c1-12-7-14-5-3-4-6-15(14)18(10-12)16(11-17)8-13(2)9-16/h3-6,12-13H,7-11,17H2,1-2H3. The molecule has 1 atom stereocenters. The maximum atomic E-state index is 6.12. The van der Waals surface area contributed by atoms with E-state index >= 15 is 0 Å². The van der Waals surface area contributed by atoms with Crippen molar-refractivity contribution in [3.63, 3.8) is 0 Å². The Hall–Kier alpha value is -1.02. The Labute approximate surface area is 110 Å². The van der Waals surface area contributed by atoms with Gasteiger partial charge < -0.3 is 10.6 Å². The molecule has 0 spiro atoms. The van der Waals surface area contributed by atoms with Gasteiger partial charge in [0.15, 0.2) is 0 Å². The number of benzene rings is 1. The van der Waals surface area contributed by atoms with E-state index in [1.54, 1.807) is 0 Å². The molecule has 1 fully saturated rings. The molecule has 2 nitrogen and oxygen atoms in total. The predicted molar refractivity (Wildman–Crippen MR) is 76.8 cm³/mol. The summed E-state index contributed by atoms with van der Waals surface area (Å²) in [5.74, 6) is 1.57. The van der Waals surface area contributed by atoms with Crippen molar-refractivity contribution >= 4 is 5.69 Å². The number of hydrogen-bond acceptors (Lipinski definition) is 2. The molecule has 98 valence electrons. The summed E-state index contributed by atoms with van der Waals surface area (Å²) in [6.07, 6.45) is 3.72. The maximum Gasteiger partial charge on any atom is 0.0529 e. The molecule has 1 aliphatic carbocycles. The van der Waals surface area contributed by atoms with Crippen molar-refractivity contribution in [3.05, 3.63) is 29.8 Å². The molecule has 2 N–H and O–H groups in total. The minimum atomic E-state index is 0.240. The second kappa shape index (κ2) is 4.27. The molecule has 0 bridgehead atoms. The van der Waals surface area contributed by atoms with Crippen LogP contribution in [0.1, 0.15) is 32.3 Å².